The van der Waals surface area contributed by atoms with Crippen LogP contribution in [0.15, 0.2) is 34.9 Å². The average molecular weight is 356 g/mol. The van der Waals surface area contributed by atoms with Gasteiger partial charge in [-0.05, 0) is 38.2 Å². The van der Waals surface area contributed by atoms with Crippen LogP contribution in [-0.4, -0.2) is 40.1 Å². The molecule has 6 nitrogen and oxygen atoms in total. The summed E-state index contributed by atoms with van der Waals surface area (Å²) in [6.07, 6.45) is 2.23. The van der Waals surface area contributed by atoms with Crippen molar-refractivity contribution in [2.75, 3.05) is 13.1 Å². The molecular formula is C20H24N2O4. The molecule has 3 rings (SSSR count). The zero-order valence-electron chi connectivity index (χ0n) is 15.2. The van der Waals surface area contributed by atoms with E-state index in [2.05, 4.69) is 5.16 Å². The van der Waals surface area contributed by atoms with E-state index in [-0.39, 0.29) is 12.5 Å². The highest BCUT2D eigenvalue weighted by molar-refractivity contribution is 5.96. The second kappa shape index (κ2) is 7.32. The molecule has 0 radical (unpaired) electrons. The minimum Gasteiger partial charge on any atom is -0.481 e. The maximum atomic E-state index is 13.1. The minimum absolute atomic E-state index is 0.181. The number of carbonyl (C=O) groups is 2. The fraction of sp³-hybridized carbons (Fsp3) is 0.450. The van der Waals surface area contributed by atoms with E-state index in [0.29, 0.717) is 49.2 Å². The lowest BCUT2D eigenvalue weighted by molar-refractivity contribution is -0.151. The number of benzene rings is 1. The van der Waals surface area contributed by atoms with E-state index >= 15 is 0 Å². The third-order valence-electron chi connectivity index (χ3n) is 5.19. The Bertz CT molecular complexity index is 799. The summed E-state index contributed by atoms with van der Waals surface area (Å²) in [6, 6.07) is 9.60. The predicted molar refractivity (Wildman–Crippen MR) is 96.0 cm³/mol. The molecule has 138 valence electrons. The van der Waals surface area contributed by atoms with Gasteiger partial charge in [0.1, 0.15) is 11.3 Å². The summed E-state index contributed by atoms with van der Waals surface area (Å²) in [6.45, 7) is 4.39. The Morgan fingerprint density at radius 1 is 1.31 bits per heavy atom. The van der Waals surface area contributed by atoms with Crippen molar-refractivity contribution in [1.29, 1.82) is 0 Å². The Balaban J connectivity index is 1.87. The highest BCUT2D eigenvalue weighted by Crippen LogP contribution is 2.35. The minimum atomic E-state index is -0.966. The van der Waals surface area contributed by atoms with E-state index in [0.717, 1.165) is 5.56 Å². The highest BCUT2D eigenvalue weighted by atomic mass is 16.5. The normalized spacial score (nSPS) is 20.2. The summed E-state index contributed by atoms with van der Waals surface area (Å²) in [7, 11) is 0. The Labute approximate surface area is 152 Å². The van der Waals surface area contributed by atoms with Crippen molar-refractivity contribution < 1.29 is 19.2 Å². The quantitative estimate of drug-likeness (QED) is 0.890. The monoisotopic (exact) mass is 356 g/mol. The molecule has 1 fully saturated rings. The number of aliphatic carboxylic acids is 1. The predicted octanol–water partition coefficient (Wildman–Crippen LogP) is 3.10. The molecule has 1 saturated heterocycles. The van der Waals surface area contributed by atoms with Gasteiger partial charge in [0.25, 0.3) is 5.91 Å². The topological polar surface area (TPSA) is 83.6 Å². The van der Waals surface area contributed by atoms with Gasteiger partial charge in [0.15, 0.2) is 0 Å². The lowest BCUT2D eigenvalue weighted by Crippen LogP contribution is -2.51. The molecule has 0 unspecified atom stereocenters. The number of carbonyl (C=O) groups excluding carboxylic acids is 1. The molecule has 1 amide bonds. The van der Waals surface area contributed by atoms with Crippen molar-refractivity contribution in [3.8, 4) is 0 Å². The second-order valence-corrected chi connectivity index (χ2v) is 6.99. The van der Waals surface area contributed by atoms with E-state index in [1.165, 1.54) is 0 Å². The van der Waals surface area contributed by atoms with Crippen LogP contribution in [0.1, 0.15) is 47.1 Å². The molecule has 2 aromatic rings. The number of nitrogens with zero attached hydrogens (tertiary/aromatic N) is 2. The molecule has 1 aliphatic heterocycles. The number of rotatable bonds is 5. The summed E-state index contributed by atoms with van der Waals surface area (Å²) >= 11 is 0. The van der Waals surface area contributed by atoms with Crippen molar-refractivity contribution >= 4 is 11.9 Å². The van der Waals surface area contributed by atoms with Crippen LogP contribution >= 0.6 is 0 Å². The van der Waals surface area contributed by atoms with Crippen molar-refractivity contribution in [2.45, 2.75) is 39.5 Å². The summed E-state index contributed by atoms with van der Waals surface area (Å²) in [5.74, 6) is -0.544. The number of carboxylic acid groups (broad SMARTS) is 1. The fourth-order valence-electron chi connectivity index (χ4n) is 3.78. The van der Waals surface area contributed by atoms with Gasteiger partial charge in [0.2, 0.25) is 0 Å². The SMILES string of the molecule is CCc1noc(C)c1C(=O)N1CCC[C@@](Cc2ccccc2)(C(=O)O)C1. The van der Waals surface area contributed by atoms with E-state index in [1.54, 1.807) is 11.8 Å². The van der Waals surface area contributed by atoms with Crippen LogP contribution in [0.2, 0.25) is 0 Å². The first-order valence-electron chi connectivity index (χ1n) is 8.98. The molecule has 26 heavy (non-hydrogen) atoms. The average Bonchev–Trinajstić information content (AvgIpc) is 3.02. The van der Waals surface area contributed by atoms with E-state index in [9.17, 15) is 14.7 Å². The van der Waals surface area contributed by atoms with Crippen molar-refractivity contribution in [3.05, 3.63) is 52.9 Å². The van der Waals surface area contributed by atoms with Gasteiger partial charge in [-0.3, -0.25) is 9.59 Å². The molecule has 1 aromatic heterocycles. The molecule has 0 bridgehead atoms. The van der Waals surface area contributed by atoms with E-state index < -0.39 is 11.4 Å². The van der Waals surface area contributed by atoms with Crippen LogP contribution in [0.5, 0.6) is 0 Å². The van der Waals surface area contributed by atoms with Crippen molar-refractivity contribution in [3.63, 3.8) is 0 Å². The number of piperidine rings is 1. The first kappa shape index (κ1) is 18.2. The van der Waals surface area contributed by atoms with Gasteiger partial charge >= 0.3 is 5.97 Å². The van der Waals surface area contributed by atoms with Crippen LogP contribution in [0.3, 0.4) is 0 Å². The number of aromatic nitrogens is 1. The Morgan fingerprint density at radius 3 is 2.69 bits per heavy atom. The van der Waals surface area contributed by atoms with Crippen LogP contribution in [0, 0.1) is 12.3 Å². The molecule has 6 heteroatoms. The number of carboxylic acids is 1. The van der Waals surface area contributed by atoms with Gasteiger partial charge in [0.05, 0.1) is 11.1 Å². The smallest absolute Gasteiger partial charge is 0.311 e. The molecule has 1 N–H and O–H groups in total. The standard InChI is InChI=1S/C20H24N2O4/c1-3-16-17(14(2)26-21-16)18(23)22-11-7-10-20(13-22,19(24)25)12-15-8-5-4-6-9-15/h4-6,8-9H,3,7,10-13H2,1-2H3,(H,24,25)/t20-/m0/s1. The van der Waals surface area contributed by atoms with Gasteiger partial charge < -0.3 is 14.5 Å². The summed E-state index contributed by atoms with van der Waals surface area (Å²) in [5.41, 5.74) is 1.11. The fourth-order valence-corrected chi connectivity index (χ4v) is 3.78. The first-order valence-corrected chi connectivity index (χ1v) is 8.98. The zero-order valence-corrected chi connectivity index (χ0v) is 15.2. The Hall–Kier alpha value is -2.63. The van der Waals surface area contributed by atoms with E-state index in [4.69, 9.17) is 4.52 Å². The van der Waals surface area contributed by atoms with Crippen LogP contribution < -0.4 is 0 Å². The van der Waals surface area contributed by atoms with Gasteiger partial charge in [-0.25, -0.2) is 0 Å². The number of amides is 1. The number of likely N-dealkylation sites (tertiary alicyclic amines) is 1. The molecule has 1 aromatic carbocycles. The lowest BCUT2D eigenvalue weighted by Gasteiger charge is -2.40. The Kier molecular flexibility index (Phi) is 5.11. The number of hydrogen-bond acceptors (Lipinski definition) is 4. The maximum absolute atomic E-state index is 13.1. The van der Waals surface area contributed by atoms with Crippen LogP contribution in [0.25, 0.3) is 0 Å². The van der Waals surface area contributed by atoms with Crippen LogP contribution in [0.4, 0.5) is 0 Å². The molecule has 0 aliphatic carbocycles. The molecule has 1 aliphatic rings. The molecule has 0 spiro atoms. The third-order valence-corrected chi connectivity index (χ3v) is 5.19. The van der Waals surface area contributed by atoms with Gasteiger partial charge in [-0.15, -0.1) is 0 Å². The molecule has 1 atom stereocenters. The largest absolute Gasteiger partial charge is 0.481 e. The Morgan fingerprint density at radius 2 is 2.04 bits per heavy atom. The van der Waals surface area contributed by atoms with E-state index in [1.807, 2.05) is 37.3 Å². The summed E-state index contributed by atoms with van der Waals surface area (Å²) in [4.78, 5) is 26.9. The lowest BCUT2D eigenvalue weighted by atomic mass is 9.75. The summed E-state index contributed by atoms with van der Waals surface area (Å²) in [5, 5.41) is 13.9. The number of aryl methyl sites for hydroxylation is 2. The summed E-state index contributed by atoms with van der Waals surface area (Å²) < 4.78 is 5.18. The zero-order chi connectivity index (χ0) is 18.7. The van der Waals surface area contributed by atoms with Gasteiger partial charge in [-0.2, -0.15) is 0 Å². The highest BCUT2D eigenvalue weighted by Gasteiger charge is 2.44. The second-order valence-electron chi connectivity index (χ2n) is 6.99. The number of hydrogen-bond donors (Lipinski definition) is 1. The van der Waals surface area contributed by atoms with Gasteiger partial charge in [0, 0.05) is 13.1 Å². The van der Waals surface area contributed by atoms with Crippen molar-refractivity contribution in [2.24, 2.45) is 5.41 Å². The first-order chi connectivity index (χ1) is 12.5. The van der Waals surface area contributed by atoms with Crippen LogP contribution in [-0.2, 0) is 17.6 Å². The molecule has 0 saturated carbocycles. The molecular weight excluding hydrogens is 332 g/mol. The molecule has 2 heterocycles. The third kappa shape index (κ3) is 3.36. The van der Waals surface area contributed by atoms with Gasteiger partial charge in [-0.1, -0.05) is 42.4 Å². The maximum Gasteiger partial charge on any atom is 0.311 e. The van der Waals surface area contributed by atoms with Crippen molar-refractivity contribution in [1.82, 2.24) is 10.1 Å².